The molecule has 1 heterocycles. The molecule has 0 spiro atoms. The highest BCUT2D eigenvalue weighted by Crippen LogP contribution is 2.43. The number of carboxylic acids is 1. The van der Waals surface area contributed by atoms with Gasteiger partial charge in [-0.1, -0.05) is 0 Å². The molecule has 30 heavy (non-hydrogen) atoms. The van der Waals surface area contributed by atoms with Crippen LogP contribution in [0.2, 0.25) is 0 Å². The molecule has 0 amide bonds. The highest BCUT2D eigenvalue weighted by molar-refractivity contribution is 7.90. The van der Waals surface area contributed by atoms with Crippen molar-refractivity contribution in [3.8, 4) is 5.75 Å². The lowest BCUT2D eigenvalue weighted by Gasteiger charge is -2.19. The fraction of sp³-hybridized carbons (Fsp3) is 0.579. The van der Waals surface area contributed by atoms with Crippen molar-refractivity contribution in [2.24, 2.45) is 16.5 Å². The Bertz CT molecular complexity index is 960. The fourth-order valence-electron chi connectivity index (χ4n) is 3.50. The number of ether oxygens (including phenoxy) is 1. The molecule has 1 atom stereocenters. The zero-order chi connectivity index (χ0) is 22.1. The standard InChI is InChI=1S/C19H30N4O5S.ClH/c1-10-11(2)16(12(3)13-9-19(4,5)28-15(10)13)29(26,27)23-18(21)22-8-6-7-14(20)17(24)25;/h14H,6-9,20H2,1-5H3,(H,24,25)(H3,21,22,23);1H/t14-;/m0./s1. The molecular formula is C19H31ClN4O5S. The van der Waals surface area contributed by atoms with Crippen LogP contribution >= 0.6 is 12.4 Å². The number of halogens is 1. The lowest BCUT2D eigenvalue weighted by atomic mass is 9.94. The number of aliphatic carboxylic acids is 1. The molecule has 0 unspecified atom stereocenters. The highest BCUT2D eigenvalue weighted by Gasteiger charge is 2.36. The summed E-state index contributed by atoms with van der Waals surface area (Å²) >= 11 is 0. The van der Waals surface area contributed by atoms with E-state index in [1.165, 1.54) is 0 Å². The summed E-state index contributed by atoms with van der Waals surface area (Å²) in [5.41, 5.74) is 13.7. The van der Waals surface area contributed by atoms with Crippen molar-refractivity contribution in [3.63, 3.8) is 0 Å². The molecule has 9 nitrogen and oxygen atoms in total. The van der Waals surface area contributed by atoms with E-state index in [9.17, 15) is 13.2 Å². The Labute approximate surface area is 183 Å². The number of sulfonamides is 1. The molecule has 1 aromatic carbocycles. The number of aliphatic imine (C=N–C) groups is 1. The van der Waals surface area contributed by atoms with Gasteiger partial charge in [-0.15, -0.1) is 12.4 Å². The largest absolute Gasteiger partial charge is 0.487 e. The van der Waals surface area contributed by atoms with Crippen molar-refractivity contribution in [2.45, 2.75) is 70.4 Å². The summed E-state index contributed by atoms with van der Waals surface area (Å²) in [5.74, 6) is -0.587. The molecular weight excluding hydrogens is 432 g/mol. The van der Waals surface area contributed by atoms with Gasteiger partial charge in [-0.25, -0.2) is 13.1 Å². The zero-order valence-electron chi connectivity index (χ0n) is 17.9. The topological polar surface area (TPSA) is 157 Å². The molecule has 0 bridgehead atoms. The molecule has 1 aromatic rings. The van der Waals surface area contributed by atoms with Gasteiger partial charge in [-0.3, -0.25) is 9.79 Å². The predicted octanol–water partition coefficient (Wildman–Crippen LogP) is 1.53. The number of guanidine groups is 1. The van der Waals surface area contributed by atoms with Gasteiger partial charge < -0.3 is 21.3 Å². The maximum atomic E-state index is 13.0. The van der Waals surface area contributed by atoms with Crippen LogP contribution in [0, 0.1) is 20.8 Å². The van der Waals surface area contributed by atoms with Crippen LogP contribution in [-0.4, -0.2) is 43.6 Å². The Morgan fingerprint density at radius 3 is 2.43 bits per heavy atom. The summed E-state index contributed by atoms with van der Waals surface area (Å²) in [6.07, 6.45) is 1.21. The molecule has 0 fully saturated rings. The van der Waals surface area contributed by atoms with Crippen LogP contribution < -0.4 is 20.9 Å². The summed E-state index contributed by atoms with van der Waals surface area (Å²) in [7, 11) is -3.95. The quantitative estimate of drug-likeness (QED) is 0.272. The molecule has 1 aliphatic rings. The molecule has 170 valence electrons. The summed E-state index contributed by atoms with van der Waals surface area (Å²) in [6.45, 7) is 9.45. The SMILES string of the molecule is Cc1c(C)c(S(=O)(=O)NC(N)=NCCC[C@H](N)C(=O)O)c(C)c2c1OC(C)(C)C2.Cl. The van der Waals surface area contributed by atoms with Crippen molar-refractivity contribution in [3.05, 3.63) is 22.3 Å². The minimum Gasteiger partial charge on any atom is -0.487 e. The van der Waals surface area contributed by atoms with Crippen molar-refractivity contribution in [1.82, 2.24) is 4.72 Å². The van der Waals surface area contributed by atoms with Gasteiger partial charge in [0, 0.05) is 18.5 Å². The van der Waals surface area contributed by atoms with E-state index >= 15 is 0 Å². The summed E-state index contributed by atoms with van der Waals surface area (Å²) < 4.78 is 34.4. The molecule has 0 aromatic heterocycles. The van der Waals surface area contributed by atoms with Crippen LogP contribution in [0.15, 0.2) is 9.89 Å². The van der Waals surface area contributed by atoms with Crippen LogP contribution in [-0.2, 0) is 21.2 Å². The van der Waals surface area contributed by atoms with Crippen LogP contribution in [0.5, 0.6) is 5.75 Å². The van der Waals surface area contributed by atoms with E-state index in [2.05, 4.69) is 9.71 Å². The lowest BCUT2D eigenvalue weighted by Crippen LogP contribution is -2.38. The molecule has 11 heteroatoms. The molecule has 0 aliphatic carbocycles. The van der Waals surface area contributed by atoms with E-state index in [-0.39, 0.29) is 36.2 Å². The van der Waals surface area contributed by atoms with E-state index in [0.717, 1.165) is 16.9 Å². The number of benzene rings is 1. The number of nitrogens with two attached hydrogens (primary N) is 2. The highest BCUT2D eigenvalue weighted by atomic mass is 35.5. The van der Waals surface area contributed by atoms with Gasteiger partial charge in [0.1, 0.15) is 17.4 Å². The van der Waals surface area contributed by atoms with E-state index in [0.29, 0.717) is 24.0 Å². The minimum atomic E-state index is -3.95. The Morgan fingerprint density at radius 2 is 1.87 bits per heavy atom. The van der Waals surface area contributed by atoms with Crippen molar-refractivity contribution >= 4 is 34.4 Å². The molecule has 0 saturated heterocycles. The molecule has 2 rings (SSSR count). The lowest BCUT2D eigenvalue weighted by molar-refractivity contribution is -0.138. The second-order valence-electron chi connectivity index (χ2n) is 8.01. The number of carboxylic acid groups (broad SMARTS) is 1. The van der Waals surface area contributed by atoms with E-state index in [1.807, 2.05) is 20.8 Å². The van der Waals surface area contributed by atoms with Crippen molar-refractivity contribution in [2.75, 3.05) is 6.54 Å². The monoisotopic (exact) mass is 462 g/mol. The molecule has 0 radical (unpaired) electrons. The van der Waals surface area contributed by atoms with Crippen molar-refractivity contribution in [1.29, 1.82) is 0 Å². The number of nitrogens with one attached hydrogen (secondary N) is 1. The molecule has 1 aliphatic heterocycles. The number of hydrogen-bond donors (Lipinski definition) is 4. The Kier molecular flexibility index (Phi) is 8.15. The van der Waals surface area contributed by atoms with Gasteiger partial charge in [0.2, 0.25) is 5.96 Å². The van der Waals surface area contributed by atoms with Gasteiger partial charge in [0.25, 0.3) is 10.0 Å². The summed E-state index contributed by atoms with van der Waals surface area (Å²) in [4.78, 5) is 14.9. The van der Waals surface area contributed by atoms with Gasteiger partial charge >= 0.3 is 5.97 Å². The first kappa shape index (κ1) is 26.0. The first-order chi connectivity index (χ1) is 13.3. The number of fused-ring (bicyclic) bond motifs is 1. The Hall–Kier alpha value is -2.04. The smallest absolute Gasteiger partial charge is 0.320 e. The minimum absolute atomic E-state index is 0. The van der Waals surface area contributed by atoms with Crippen LogP contribution in [0.4, 0.5) is 0 Å². The first-order valence-electron chi connectivity index (χ1n) is 9.39. The van der Waals surface area contributed by atoms with Gasteiger partial charge in [-0.05, 0) is 64.2 Å². The fourth-order valence-corrected chi connectivity index (χ4v) is 5.03. The van der Waals surface area contributed by atoms with E-state index in [1.54, 1.807) is 13.8 Å². The van der Waals surface area contributed by atoms with E-state index < -0.39 is 27.6 Å². The molecule has 6 N–H and O–H groups in total. The van der Waals surface area contributed by atoms with Crippen LogP contribution in [0.3, 0.4) is 0 Å². The maximum Gasteiger partial charge on any atom is 0.320 e. The zero-order valence-corrected chi connectivity index (χ0v) is 19.5. The third kappa shape index (κ3) is 5.55. The average Bonchev–Trinajstić information content (AvgIpc) is 2.92. The number of rotatable bonds is 7. The first-order valence-corrected chi connectivity index (χ1v) is 10.9. The number of carbonyl (C=O) groups is 1. The third-order valence-electron chi connectivity index (χ3n) is 5.07. The van der Waals surface area contributed by atoms with Gasteiger partial charge in [0.15, 0.2) is 0 Å². The van der Waals surface area contributed by atoms with Gasteiger partial charge in [0.05, 0.1) is 4.90 Å². The second-order valence-corrected chi connectivity index (χ2v) is 9.63. The van der Waals surface area contributed by atoms with Gasteiger partial charge in [-0.2, -0.15) is 0 Å². The average molecular weight is 463 g/mol. The summed E-state index contributed by atoms with van der Waals surface area (Å²) in [5, 5.41) is 8.76. The Morgan fingerprint density at radius 1 is 1.27 bits per heavy atom. The second kappa shape index (κ2) is 9.40. The normalized spacial score (nSPS) is 16.3. The van der Waals surface area contributed by atoms with E-state index in [4.69, 9.17) is 21.3 Å². The third-order valence-corrected chi connectivity index (χ3v) is 6.70. The number of nitrogens with zero attached hydrogens (tertiary/aromatic N) is 1. The van der Waals surface area contributed by atoms with Crippen LogP contribution in [0.25, 0.3) is 0 Å². The van der Waals surface area contributed by atoms with Crippen molar-refractivity contribution < 1.29 is 23.1 Å². The Balaban J connectivity index is 0.00000450. The van der Waals surface area contributed by atoms with Crippen LogP contribution in [0.1, 0.15) is 48.9 Å². The number of hydrogen-bond acceptors (Lipinski definition) is 6. The summed E-state index contributed by atoms with van der Waals surface area (Å²) in [6, 6.07) is -0.978. The maximum absolute atomic E-state index is 13.0. The predicted molar refractivity (Wildman–Crippen MR) is 118 cm³/mol. The molecule has 0 saturated carbocycles.